The minimum atomic E-state index is -1.15. The Bertz CT molecular complexity index is 1170. The first kappa shape index (κ1) is 18.5. The number of hydrogen-bond donors (Lipinski definition) is 1. The van der Waals surface area contributed by atoms with Gasteiger partial charge in [0, 0.05) is 28.2 Å². The number of rotatable bonds is 5. The highest BCUT2D eigenvalue weighted by atomic mass is 16.7. The van der Waals surface area contributed by atoms with E-state index < -0.39 is 28.5 Å². The summed E-state index contributed by atoms with van der Waals surface area (Å²) in [5.41, 5.74) is 1.06. The van der Waals surface area contributed by atoms with Crippen LogP contribution >= 0.6 is 0 Å². The molecule has 0 spiro atoms. The molecule has 9 heteroatoms. The van der Waals surface area contributed by atoms with E-state index in [-0.39, 0.29) is 23.9 Å². The largest absolute Gasteiger partial charge is 0.454 e. The monoisotopic (exact) mass is 396 g/mol. The summed E-state index contributed by atoms with van der Waals surface area (Å²) < 4.78 is 15.6. The smallest absolute Gasteiger partial charge is 0.346 e. The van der Waals surface area contributed by atoms with Crippen LogP contribution in [0.2, 0.25) is 0 Å². The molecule has 1 aromatic heterocycles. The topological polar surface area (TPSA) is 121 Å². The quantitative estimate of drug-likeness (QED) is 0.303. The van der Waals surface area contributed by atoms with Crippen LogP contribution in [0.3, 0.4) is 0 Å². The van der Waals surface area contributed by atoms with Gasteiger partial charge in [0.2, 0.25) is 12.6 Å². The summed E-state index contributed by atoms with van der Waals surface area (Å²) >= 11 is 0. The number of Topliss-reactive ketones (excluding diaryl/α,β-unsaturated/α-hetero) is 1. The van der Waals surface area contributed by atoms with Crippen molar-refractivity contribution in [3.8, 4) is 11.5 Å². The Kier molecular flexibility index (Phi) is 4.42. The SMILES string of the molecule is Cc1[nH]c2ccccc2c1C(=O)[C@H](C)OC(=O)c1cc2c(cc1[N+](=O)[O-])OCO2. The zero-order valence-electron chi connectivity index (χ0n) is 15.6. The van der Waals surface area contributed by atoms with Gasteiger partial charge in [0.1, 0.15) is 5.56 Å². The van der Waals surface area contributed by atoms with Gasteiger partial charge >= 0.3 is 5.97 Å². The number of aryl methyl sites for hydroxylation is 1. The maximum Gasteiger partial charge on any atom is 0.346 e. The number of carbonyl (C=O) groups excluding carboxylic acids is 2. The zero-order chi connectivity index (χ0) is 20.7. The second-order valence-electron chi connectivity index (χ2n) is 6.56. The number of esters is 1. The van der Waals surface area contributed by atoms with Crippen molar-refractivity contribution in [1.29, 1.82) is 0 Å². The highest BCUT2D eigenvalue weighted by Gasteiger charge is 2.31. The molecule has 1 atom stereocenters. The number of benzene rings is 2. The Morgan fingerprint density at radius 1 is 1.21 bits per heavy atom. The number of fused-ring (bicyclic) bond motifs is 2. The van der Waals surface area contributed by atoms with E-state index in [4.69, 9.17) is 14.2 Å². The number of aromatic amines is 1. The lowest BCUT2D eigenvalue weighted by atomic mass is 10.0. The summed E-state index contributed by atoms with van der Waals surface area (Å²) in [5, 5.41) is 12.1. The fourth-order valence-corrected chi connectivity index (χ4v) is 3.32. The molecular formula is C20H16N2O7. The molecule has 9 nitrogen and oxygen atoms in total. The van der Waals surface area contributed by atoms with Crippen LogP contribution in [0.1, 0.15) is 33.3 Å². The summed E-state index contributed by atoms with van der Waals surface area (Å²) in [7, 11) is 0. The maximum absolute atomic E-state index is 12.9. The van der Waals surface area contributed by atoms with Gasteiger partial charge < -0.3 is 19.2 Å². The van der Waals surface area contributed by atoms with Gasteiger partial charge in [-0.15, -0.1) is 0 Å². The molecule has 0 saturated carbocycles. The van der Waals surface area contributed by atoms with Gasteiger partial charge in [0.25, 0.3) is 5.69 Å². The molecule has 0 unspecified atom stereocenters. The van der Waals surface area contributed by atoms with Crippen molar-refractivity contribution in [3.63, 3.8) is 0 Å². The van der Waals surface area contributed by atoms with E-state index >= 15 is 0 Å². The molecule has 148 valence electrons. The maximum atomic E-state index is 12.9. The van der Waals surface area contributed by atoms with Crippen LogP contribution in [-0.2, 0) is 4.74 Å². The van der Waals surface area contributed by atoms with Crippen molar-refractivity contribution in [2.45, 2.75) is 20.0 Å². The van der Waals surface area contributed by atoms with Crippen LogP contribution < -0.4 is 9.47 Å². The molecule has 0 fully saturated rings. The average Bonchev–Trinajstić information content (AvgIpc) is 3.28. The summed E-state index contributed by atoms with van der Waals surface area (Å²) in [4.78, 5) is 39.3. The van der Waals surface area contributed by atoms with Crippen molar-refractivity contribution in [3.05, 3.63) is 63.3 Å². The lowest BCUT2D eigenvalue weighted by Gasteiger charge is -2.13. The second-order valence-corrected chi connectivity index (χ2v) is 6.56. The average molecular weight is 396 g/mol. The number of ketones is 1. The Morgan fingerprint density at radius 2 is 1.90 bits per heavy atom. The third-order valence-electron chi connectivity index (χ3n) is 4.70. The third-order valence-corrected chi connectivity index (χ3v) is 4.70. The van der Waals surface area contributed by atoms with Gasteiger partial charge in [-0.05, 0) is 19.9 Å². The Morgan fingerprint density at radius 3 is 2.62 bits per heavy atom. The van der Waals surface area contributed by atoms with Crippen molar-refractivity contribution in [2.75, 3.05) is 6.79 Å². The molecule has 0 saturated heterocycles. The molecule has 29 heavy (non-hydrogen) atoms. The number of nitrogens with one attached hydrogen (secondary N) is 1. The van der Waals surface area contributed by atoms with Crippen molar-refractivity contribution in [1.82, 2.24) is 4.98 Å². The van der Waals surface area contributed by atoms with E-state index in [0.29, 0.717) is 16.6 Å². The first-order valence-corrected chi connectivity index (χ1v) is 8.77. The van der Waals surface area contributed by atoms with Gasteiger partial charge in [-0.3, -0.25) is 14.9 Å². The molecule has 1 aliphatic heterocycles. The Balaban J connectivity index is 1.62. The van der Waals surface area contributed by atoms with Crippen molar-refractivity contribution >= 4 is 28.3 Å². The number of aromatic nitrogens is 1. The number of nitro benzene ring substituents is 1. The molecule has 1 aliphatic rings. The molecule has 0 aliphatic carbocycles. The van der Waals surface area contributed by atoms with E-state index in [9.17, 15) is 19.7 Å². The molecule has 0 amide bonds. The van der Waals surface area contributed by atoms with E-state index in [1.807, 2.05) is 12.1 Å². The van der Waals surface area contributed by atoms with Crippen molar-refractivity contribution in [2.24, 2.45) is 0 Å². The summed E-state index contributed by atoms with van der Waals surface area (Å²) in [6.07, 6.45) is -1.15. The number of nitrogens with zero attached hydrogens (tertiary/aromatic N) is 1. The molecule has 0 radical (unpaired) electrons. The van der Waals surface area contributed by atoms with E-state index in [2.05, 4.69) is 4.98 Å². The molecule has 3 aromatic rings. The van der Waals surface area contributed by atoms with Crippen LogP contribution in [-0.4, -0.2) is 34.6 Å². The predicted octanol–water partition coefficient (Wildman–Crippen LogP) is 3.54. The van der Waals surface area contributed by atoms with E-state index in [1.165, 1.54) is 13.0 Å². The summed E-state index contributed by atoms with van der Waals surface area (Å²) in [6, 6.07) is 9.58. The number of ether oxygens (including phenoxy) is 3. The number of carbonyl (C=O) groups is 2. The Labute approximate surface area is 164 Å². The third kappa shape index (κ3) is 3.16. The van der Waals surface area contributed by atoms with Gasteiger partial charge in [-0.1, -0.05) is 18.2 Å². The van der Waals surface area contributed by atoms with Gasteiger partial charge in [0.05, 0.1) is 11.0 Å². The summed E-state index contributed by atoms with van der Waals surface area (Å²) in [6.45, 7) is 3.09. The van der Waals surface area contributed by atoms with E-state index in [0.717, 1.165) is 11.6 Å². The lowest BCUT2D eigenvalue weighted by Crippen LogP contribution is -2.25. The molecule has 2 heterocycles. The van der Waals surface area contributed by atoms with Crippen LogP contribution in [0.15, 0.2) is 36.4 Å². The highest BCUT2D eigenvalue weighted by Crippen LogP contribution is 2.38. The highest BCUT2D eigenvalue weighted by molar-refractivity contribution is 6.12. The van der Waals surface area contributed by atoms with E-state index in [1.54, 1.807) is 19.1 Å². The fraction of sp³-hybridized carbons (Fsp3) is 0.200. The summed E-state index contributed by atoms with van der Waals surface area (Å²) in [5.74, 6) is -1.02. The minimum Gasteiger partial charge on any atom is -0.454 e. The van der Waals surface area contributed by atoms with Gasteiger partial charge in [-0.2, -0.15) is 0 Å². The van der Waals surface area contributed by atoms with Crippen LogP contribution in [0.25, 0.3) is 10.9 Å². The lowest BCUT2D eigenvalue weighted by molar-refractivity contribution is -0.385. The van der Waals surface area contributed by atoms with Crippen LogP contribution in [0.4, 0.5) is 5.69 Å². The first-order chi connectivity index (χ1) is 13.9. The first-order valence-electron chi connectivity index (χ1n) is 8.77. The zero-order valence-corrected chi connectivity index (χ0v) is 15.6. The fourth-order valence-electron chi connectivity index (χ4n) is 3.32. The second kappa shape index (κ2) is 6.93. The molecule has 4 rings (SSSR count). The molecule has 1 N–H and O–H groups in total. The standard InChI is InChI=1S/C20H16N2O7/c1-10-18(12-5-3-4-6-14(12)21-10)19(23)11(2)29-20(24)13-7-16-17(28-9-27-16)8-15(13)22(25)26/h3-8,11,21H,9H2,1-2H3/t11-/m0/s1. The van der Waals surface area contributed by atoms with Gasteiger partial charge in [0.15, 0.2) is 17.6 Å². The number of H-pyrrole nitrogens is 1. The van der Waals surface area contributed by atoms with Crippen LogP contribution in [0, 0.1) is 17.0 Å². The van der Waals surface area contributed by atoms with Gasteiger partial charge in [-0.25, -0.2) is 4.79 Å². The number of hydrogen-bond acceptors (Lipinski definition) is 7. The molecular weight excluding hydrogens is 380 g/mol. The van der Waals surface area contributed by atoms with Crippen molar-refractivity contribution < 1.29 is 28.7 Å². The van der Waals surface area contributed by atoms with Crippen LogP contribution in [0.5, 0.6) is 11.5 Å². The normalized spacial score (nSPS) is 13.3. The number of nitro groups is 1. The molecule has 0 bridgehead atoms. The predicted molar refractivity (Wildman–Crippen MR) is 101 cm³/mol. The minimum absolute atomic E-state index is 0.0975. The number of para-hydroxylation sites is 1. The molecule has 2 aromatic carbocycles. The Hall–Kier alpha value is -3.88.